The first kappa shape index (κ1) is 17.1. The predicted octanol–water partition coefficient (Wildman–Crippen LogP) is 1.55. The van der Waals surface area contributed by atoms with Crippen molar-refractivity contribution in [2.24, 2.45) is 0 Å². The topological polar surface area (TPSA) is 70.7 Å². The van der Waals surface area contributed by atoms with Crippen molar-refractivity contribution < 1.29 is 14.3 Å². The lowest BCUT2D eigenvalue weighted by Crippen LogP contribution is -2.43. The fraction of sp³-hybridized carbons (Fsp3) is 0.529. The van der Waals surface area contributed by atoms with Crippen LogP contribution >= 0.6 is 0 Å². The molecule has 2 rings (SSSR count). The fourth-order valence-corrected chi connectivity index (χ4v) is 2.62. The second-order valence-corrected chi connectivity index (χ2v) is 5.74. The quantitative estimate of drug-likeness (QED) is 0.801. The molecule has 0 spiro atoms. The maximum atomic E-state index is 12.0. The standard InChI is InChI=1S/C17H25N3O3/c1-3-9-18-17(22)19-14-11-16(21)20(12-14)10-8-13-4-6-15(23-2)7-5-13/h4-7,14H,3,8-12H2,1-2H3,(H2,18,19,22). The van der Waals surface area contributed by atoms with Gasteiger partial charge in [-0.2, -0.15) is 0 Å². The van der Waals surface area contributed by atoms with Crippen molar-refractivity contribution in [1.29, 1.82) is 0 Å². The number of ether oxygens (including phenoxy) is 1. The van der Waals surface area contributed by atoms with Crippen molar-refractivity contribution in [2.75, 3.05) is 26.7 Å². The van der Waals surface area contributed by atoms with Crippen LogP contribution in [0.4, 0.5) is 4.79 Å². The lowest BCUT2D eigenvalue weighted by molar-refractivity contribution is -0.127. The minimum Gasteiger partial charge on any atom is -0.497 e. The maximum absolute atomic E-state index is 12.0. The smallest absolute Gasteiger partial charge is 0.315 e. The molecule has 23 heavy (non-hydrogen) atoms. The van der Waals surface area contributed by atoms with Crippen LogP contribution in [0.2, 0.25) is 0 Å². The van der Waals surface area contributed by atoms with E-state index in [1.54, 1.807) is 7.11 Å². The van der Waals surface area contributed by atoms with Crippen molar-refractivity contribution in [1.82, 2.24) is 15.5 Å². The SMILES string of the molecule is CCCNC(=O)NC1CC(=O)N(CCc2ccc(OC)cc2)C1. The lowest BCUT2D eigenvalue weighted by atomic mass is 10.1. The number of likely N-dealkylation sites (tertiary alicyclic amines) is 1. The first-order chi connectivity index (χ1) is 11.1. The highest BCUT2D eigenvalue weighted by Crippen LogP contribution is 2.15. The minimum atomic E-state index is -0.193. The van der Waals surface area contributed by atoms with Crippen molar-refractivity contribution >= 4 is 11.9 Å². The highest BCUT2D eigenvalue weighted by Gasteiger charge is 2.30. The van der Waals surface area contributed by atoms with E-state index in [0.717, 1.165) is 24.2 Å². The van der Waals surface area contributed by atoms with E-state index < -0.39 is 0 Å². The van der Waals surface area contributed by atoms with E-state index in [-0.39, 0.29) is 18.0 Å². The van der Waals surface area contributed by atoms with Crippen molar-refractivity contribution in [2.45, 2.75) is 32.2 Å². The van der Waals surface area contributed by atoms with Gasteiger partial charge in [-0.15, -0.1) is 0 Å². The van der Waals surface area contributed by atoms with Crippen molar-refractivity contribution in [3.8, 4) is 5.75 Å². The molecule has 1 aromatic rings. The number of nitrogens with zero attached hydrogens (tertiary/aromatic N) is 1. The number of methoxy groups -OCH3 is 1. The van der Waals surface area contributed by atoms with Gasteiger partial charge in [0.15, 0.2) is 0 Å². The third-order valence-corrected chi connectivity index (χ3v) is 3.91. The number of hydrogen-bond acceptors (Lipinski definition) is 3. The molecule has 1 atom stereocenters. The summed E-state index contributed by atoms with van der Waals surface area (Å²) >= 11 is 0. The molecule has 0 aromatic heterocycles. The van der Waals surface area contributed by atoms with E-state index in [1.807, 2.05) is 36.1 Å². The molecule has 1 aromatic carbocycles. The Morgan fingerprint density at radius 1 is 1.35 bits per heavy atom. The molecular formula is C17H25N3O3. The zero-order valence-corrected chi connectivity index (χ0v) is 13.8. The minimum absolute atomic E-state index is 0.0966. The summed E-state index contributed by atoms with van der Waals surface area (Å²) in [7, 11) is 1.64. The maximum Gasteiger partial charge on any atom is 0.315 e. The van der Waals surface area contributed by atoms with E-state index in [1.165, 1.54) is 0 Å². The fourth-order valence-electron chi connectivity index (χ4n) is 2.62. The van der Waals surface area contributed by atoms with Gasteiger partial charge < -0.3 is 20.3 Å². The third-order valence-electron chi connectivity index (χ3n) is 3.91. The highest BCUT2D eigenvalue weighted by molar-refractivity contribution is 5.81. The largest absolute Gasteiger partial charge is 0.497 e. The van der Waals surface area contributed by atoms with Gasteiger partial charge in [0.25, 0.3) is 0 Å². The Hall–Kier alpha value is -2.24. The first-order valence-corrected chi connectivity index (χ1v) is 8.07. The number of urea groups is 1. The van der Waals surface area contributed by atoms with Crippen LogP contribution in [-0.2, 0) is 11.2 Å². The molecule has 0 saturated carbocycles. The molecule has 6 heteroatoms. The van der Waals surface area contributed by atoms with Crippen LogP contribution in [0.25, 0.3) is 0 Å². The van der Waals surface area contributed by atoms with Crippen LogP contribution in [0.15, 0.2) is 24.3 Å². The Balaban J connectivity index is 1.77. The Morgan fingerprint density at radius 3 is 2.74 bits per heavy atom. The molecule has 1 aliphatic heterocycles. The number of amides is 3. The van der Waals surface area contributed by atoms with E-state index in [0.29, 0.717) is 26.1 Å². The number of carbonyl (C=O) groups is 2. The molecule has 1 saturated heterocycles. The van der Waals surface area contributed by atoms with E-state index in [4.69, 9.17) is 4.74 Å². The second-order valence-electron chi connectivity index (χ2n) is 5.74. The van der Waals surface area contributed by atoms with Crippen molar-refractivity contribution in [3.63, 3.8) is 0 Å². The van der Waals surface area contributed by atoms with Gasteiger partial charge in [-0.1, -0.05) is 19.1 Å². The first-order valence-electron chi connectivity index (χ1n) is 8.07. The van der Waals surface area contributed by atoms with Crippen LogP contribution in [0.1, 0.15) is 25.3 Å². The summed E-state index contributed by atoms with van der Waals surface area (Å²) in [6.45, 7) is 3.89. The predicted molar refractivity (Wildman–Crippen MR) is 88.5 cm³/mol. The molecule has 6 nitrogen and oxygen atoms in total. The summed E-state index contributed by atoms with van der Waals surface area (Å²) in [4.78, 5) is 25.5. The van der Waals surface area contributed by atoms with Gasteiger partial charge in [0.1, 0.15) is 5.75 Å². The lowest BCUT2D eigenvalue weighted by Gasteiger charge is -2.17. The molecule has 1 fully saturated rings. The summed E-state index contributed by atoms with van der Waals surface area (Å²) in [5.74, 6) is 0.924. The van der Waals surface area contributed by atoms with Crippen LogP contribution in [0.5, 0.6) is 5.75 Å². The molecule has 126 valence electrons. The average Bonchev–Trinajstić information content (AvgIpc) is 2.90. The molecular weight excluding hydrogens is 294 g/mol. The number of rotatable bonds is 7. The van der Waals surface area contributed by atoms with E-state index in [2.05, 4.69) is 10.6 Å². The van der Waals surface area contributed by atoms with Crippen LogP contribution in [0.3, 0.4) is 0 Å². The third kappa shape index (κ3) is 5.16. The molecule has 1 unspecified atom stereocenters. The number of carbonyl (C=O) groups excluding carboxylic acids is 2. The summed E-state index contributed by atoms with van der Waals surface area (Å²) in [5.41, 5.74) is 1.16. The van der Waals surface area contributed by atoms with Gasteiger partial charge in [-0.3, -0.25) is 4.79 Å². The average molecular weight is 319 g/mol. The van der Waals surface area contributed by atoms with E-state index >= 15 is 0 Å². The van der Waals surface area contributed by atoms with Gasteiger partial charge in [0, 0.05) is 26.1 Å². The number of nitrogens with one attached hydrogen (secondary N) is 2. The molecule has 0 radical (unpaired) electrons. The monoisotopic (exact) mass is 319 g/mol. The van der Waals surface area contributed by atoms with Crippen molar-refractivity contribution in [3.05, 3.63) is 29.8 Å². The Bertz CT molecular complexity index is 530. The van der Waals surface area contributed by atoms with Crippen LogP contribution in [-0.4, -0.2) is 49.6 Å². The Labute approximate surface area is 137 Å². The molecule has 1 heterocycles. The summed E-state index contributed by atoms with van der Waals surface area (Å²) < 4.78 is 5.13. The summed E-state index contributed by atoms with van der Waals surface area (Å²) in [5, 5.41) is 5.62. The Kier molecular flexibility index (Phi) is 6.26. The molecule has 3 amide bonds. The molecule has 0 bridgehead atoms. The second kappa shape index (κ2) is 8.41. The van der Waals surface area contributed by atoms with Gasteiger partial charge in [0.05, 0.1) is 13.2 Å². The summed E-state index contributed by atoms with van der Waals surface area (Å²) in [6, 6.07) is 7.56. The Morgan fingerprint density at radius 2 is 2.09 bits per heavy atom. The van der Waals surface area contributed by atoms with Gasteiger partial charge in [-0.25, -0.2) is 4.79 Å². The van der Waals surface area contributed by atoms with Gasteiger partial charge >= 0.3 is 6.03 Å². The number of benzene rings is 1. The van der Waals surface area contributed by atoms with Gasteiger partial charge in [-0.05, 0) is 30.5 Å². The number of hydrogen-bond donors (Lipinski definition) is 2. The molecule has 0 aliphatic carbocycles. The van der Waals surface area contributed by atoms with Crippen LogP contribution < -0.4 is 15.4 Å². The normalized spacial score (nSPS) is 17.2. The van der Waals surface area contributed by atoms with Crippen LogP contribution in [0, 0.1) is 0 Å². The zero-order chi connectivity index (χ0) is 16.7. The molecule has 1 aliphatic rings. The highest BCUT2D eigenvalue weighted by atomic mass is 16.5. The zero-order valence-electron chi connectivity index (χ0n) is 13.8. The molecule has 2 N–H and O–H groups in total. The van der Waals surface area contributed by atoms with Gasteiger partial charge in [0.2, 0.25) is 5.91 Å². The summed E-state index contributed by atoms with van der Waals surface area (Å²) in [6.07, 6.45) is 2.07. The van der Waals surface area contributed by atoms with E-state index in [9.17, 15) is 9.59 Å².